The molecule has 1 aromatic heterocycles. The summed E-state index contributed by atoms with van der Waals surface area (Å²) in [4.78, 5) is 18.0. The van der Waals surface area contributed by atoms with Gasteiger partial charge in [0, 0.05) is 13.1 Å². The van der Waals surface area contributed by atoms with Gasteiger partial charge >= 0.3 is 11.9 Å². The van der Waals surface area contributed by atoms with Crippen molar-refractivity contribution in [2.24, 2.45) is 0 Å². The normalized spacial score (nSPS) is 11.3. The van der Waals surface area contributed by atoms with E-state index in [2.05, 4.69) is 14.7 Å². The summed E-state index contributed by atoms with van der Waals surface area (Å²) < 4.78 is 30.3. The number of aromatic nitrogens is 2. The molecule has 0 fully saturated rings. The Morgan fingerprint density at radius 1 is 1.62 bits per heavy atom. The highest BCUT2D eigenvalue weighted by atomic mass is 35.5. The molecule has 7 heteroatoms. The number of hydrogen-bond donors (Lipinski definition) is 0. The van der Waals surface area contributed by atoms with Gasteiger partial charge in [0.15, 0.2) is 5.82 Å². The van der Waals surface area contributed by atoms with E-state index in [1.54, 1.807) is 6.92 Å². The smallest absolute Gasteiger partial charge is 0.342 e. The molecule has 0 radical (unpaired) electrons. The Labute approximate surface area is 95.6 Å². The van der Waals surface area contributed by atoms with Crippen LogP contribution < -0.4 is 0 Å². The third-order valence-electron chi connectivity index (χ3n) is 1.63. The number of alkyl halides is 2. The standard InChI is InChI=1S/C9H9ClF2N2O2/c1-3-16-7(15)5-4-13-8(9(2,11)12)14-6(5)10/h4H,3H2,1-2H3. The Hall–Kier alpha value is -1.30. The highest BCUT2D eigenvalue weighted by Crippen LogP contribution is 2.25. The number of carbonyl (C=O) groups excluding carboxylic acids is 1. The number of ether oxygens (including phenoxy) is 1. The van der Waals surface area contributed by atoms with Gasteiger partial charge in [-0.3, -0.25) is 0 Å². The van der Waals surface area contributed by atoms with Gasteiger partial charge < -0.3 is 4.74 Å². The SMILES string of the molecule is CCOC(=O)c1cnc(C(C)(F)F)nc1Cl. The average molecular weight is 251 g/mol. The van der Waals surface area contributed by atoms with E-state index in [1.165, 1.54) is 0 Å². The van der Waals surface area contributed by atoms with E-state index < -0.39 is 17.7 Å². The fourth-order valence-corrected chi connectivity index (χ4v) is 1.12. The Balaban J connectivity index is 3.05. The summed E-state index contributed by atoms with van der Waals surface area (Å²) in [5.74, 6) is -4.67. The molecule has 0 bridgehead atoms. The monoisotopic (exact) mass is 250 g/mol. The lowest BCUT2D eigenvalue weighted by Gasteiger charge is -2.09. The molecule has 0 aliphatic rings. The van der Waals surface area contributed by atoms with E-state index in [1.807, 2.05) is 0 Å². The molecule has 0 atom stereocenters. The number of rotatable bonds is 3. The summed E-state index contributed by atoms with van der Waals surface area (Å²) in [7, 11) is 0. The minimum Gasteiger partial charge on any atom is -0.462 e. The molecule has 1 heterocycles. The van der Waals surface area contributed by atoms with Crippen LogP contribution in [0.5, 0.6) is 0 Å². The molecule has 88 valence electrons. The van der Waals surface area contributed by atoms with Crippen molar-refractivity contribution >= 4 is 17.6 Å². The summed E-state index contributed by atoms with van der Waals surface area (Å²) in [5, 5.41) is -0.343. The van der Waals surface area contributed by atoms with E-state index >= 15 is 0 Å². The number of halogens is 3. The first-order chi connectivity index (χ1) is 7.36. The van der Waals surface area contributed by atoms with E-state index in [0.29, 0.717) is 6.92 Å². The lowest BCUT2D eigenvalue weighted by atomic mass is 10.3. The molecule has 0 spiro atoms. The fourth-order valence-electron chi connectivity index (χ4n) is 0.918. The molecule has 16 heavy (non-hydrogen) atoms. The second-order valence-electron chi connectivity index (χ2n) is 3.01. The van der Waals surface area contributed by atoms with Gasteiger partial charge in [-0.05, 0) is 6.92 Å². The zero-order valence-corrected chi connectivity index (χ0v) is 9.39. The molecule has 0 amide bonds. The van der Waals surface area contributed by atoms with Crippen molar-refractivity contribution in [3.63, 3.8) is 0 Å². The number of esters is 1. The second kappa shape index (κ2) is 4.69. The third kappa shape index (κ3) is 2.85. The largest absolute Gasteiger partial charge is 0.462 e. The number of nitrogens with zero attached hydrogens (tertiary/aromatic N) is 2. The zero-order valence-electron chi connectivity index (χ0n) is 8.63. The van der Waals surface area contributed by atoms with Crippen molar-refractivity contribution in [3.8, 4) is 0 Å². The topological polar surface area (TPSA) is 52.1 Å². The molecule has 0 saturated heterocycles. The van der Waals surface area contributed by atoms with Gasteiger partial charge in [-0.15, -0.1) is 0 Å². The van der Waals surface area contributed by atoms with E-state index in [9.17, 15) is 13.6 Å². The summed E-state index contributed by atoms with van der Waals surface area (Å²) in [5.41, 5.74) is -0.128. The lowest BCUT2D eigenvalue weighted by molar-refractivity contribution is 0.00747. The van der Waals surface area contributed by atoms with Gasteiger partial charge in [-0.2, -0.15) is 8.78 Å². The highest BCUT2D eigenvalue weighted by Gasteiger charge is 2.29. The Morgan fingerprint density at radius 2 is 2.25 bits per heavy atom. The molecule has 0 N–H and O–H groups in total. The first-order valence-corrected chi connectivity index (χ1v) is 4.82. The lowest BCUT2D eigenvalue weighted by Crippen LogP contribution is -2.15. The number of carbonyl (C=O) groups is 1. The minimum atomic E-state index is -3.20. The predicted octanol–water partition coefficient (Wildman–Crippen LogP) is 2.42. The van der Waals surface area contributed by atoms with Gasteiger partial charge in [-0.25, -0.2) is 14.8 Å². The van der Waals surface area contributed by atoms with Gasteiger partial charge in [0.2, 0.25) is 0 Å². The molecule has 0 saturated carbocycles. The third-order valence-corrected chi connectivity index (χ3v) is 1.92. The zero-order chi connectivity index (χ0) is 12.3. The maximum atomic E-state index is 12.8. The molecule has 1 aromatic rings. The maximum Gasteiger partial charge on any atom is 0.342 e. The van der Waals surface area contributed by atoms with Crippen molar-refractivity contribution in [1.29, 1.82) is 0 Å². The molecule has 4 nitrogen and oxygen atoms in total. The number of hydrogen-bond acceptors (Lipinski definition) is 4. The van der Waals surface area contributed by atoms with Crippen LogP contribution in [0, 0.1) is 0 Å². The van der Waals surface area contributed by atoms with Crippen LogP contribution >= 0.6 is 11.6 Å². The van der Waals surface area contributed by atoms with E-state index in [4.69, 9.17) is 11.6 Å². The van der Waals surface area contributed by atoms with Crippen LogP contribution in [0.15, 0.2) is 6.20 Å². The van der Waals surface area contributed by atoms with Crippen molar-refractivity contribution in [3.05, 3.63) is 22.7 Å². The minimum absolute atomic E-state index is 0.128. The van der Waals surface area contributed by atoms with Gasteiger partial charge in [0.25, 0.3) is 0 Å². The van der Waals surface area contributed by atoms with Crippen LogP contribution in [0.1, 0.15) is 30.0 Å². The predicted molar refractivity (Wildman–Crippen MR) is 52.6 cm³/mol. The molecule has 0 aliphatic carbocycles. The van der Waals surface area contributed by atoms with Crippen molar-refractivity contribution < 1.29 is 18.3 Å². The van der Waals surface area contributed by atoms with Crippen molar-refractivity contribution in [1.82, 2.24) is 9.97 Å². The van der Waals surface area contributed by atoms with Gasteiger partial charge in [-0.1, -0.05) is 11.6 Å². The van der Waals surface area contributed by atoms with Crippen molar-refractivity contribution in [2.75, 3.05) is 6.61 Å². The quantitative estimate of drug-likeness (QED) is 0.611. The van der Waals surface area contributed by atoms with E-state index in [0.717, 1.165) is 6.20 Å². The molecule has 0 unspecified atom stereocenters. The van der Waals surface area contributed by atoms with Crippen LogP contribution in [0.4, 0.5) is 8.78 Å². The Bertz CT molecular complexity index is 407. The van der Waals surface area contributed by atoms with Crippen LogP contribution in [0.2, 0.25) is 5.15 Å². The molecule has 0 aliphatic heterocycles. The van der Waals surface area contributed by atoms with Crippen LogP contribution in [-0.2, 0) is 10.7 Å². The van der Waals surface area contributed by atoms with Crippen LogP contribution in [-0.4, -0.2) is 22.5 Å². The Kier molecular flexibility index (Phi) is 3.74. The van der Waals surface area contributed by atoms with Gasteiger partial charge in [0.1, 0.15) is 10.7 Å². The molecule has 0 aromatic carbocycles. The van der Waals surface area contributed by atoms with Crippen LogP contribution in [0.25, 0.3) is 0 Å². The Morgan fingerprint density at radius 3 is 2.69 bits per heavy atom. The molecular formula is C9H9ClF2N2O2. The summed E-state index contributed by atoms with van der Waals surface area (Å²) >= 11 is 5.58. The van der Waals surface area contributed by atoms with Crippen molar-refractivity contribution in [2.45, 2.75) is 19.8 Å². The summed E-state index contributed by atoms with van der Waals surface area (Å²) in [6.07, 6.45) is 0.931. The summed E-state index contributed by atoms with van der Waals surface area (Å²) in [6, 6.07) is 0. The second-order valence-corrected chi connectivity index (χ2v) is 3.36. The molecular weight excluding hydrogens is 242 g/mol. The summed E-state index contributed by atoms with van der Waals surface area (Å²) in [6.45, 7) is 2.41. The van der Waals surface area contributed by atoms with E-state index in [-0.39, 0.29) is 17.3 Å². The first kappa shape index (κ1) is 12.8. The highest BCUT2D eigenvalue weighted by molar-refractivity contribution is 6.32. The van der Waals surface area contributed by atoms with Crippen LogP contribution in [0.3, 0.4) is 0 Å². The average Bonchev–Trinajstić information content (AvgIpc) is 2.16. The van der Waals surface area contributed by atoms with Gasteiger partial charge in [0.05, 0.1) is 6.61 Å². The fraction of sp³-hybridized carbons (Fsp3) is 0.444. The maximum absolute atomic E-state index is 12.8. The first-order valence-electron chi connectivity index (χ1n) is 4.44. The molecule has 1 rings (SSSR count).